The molecule has 0 heterocycles. The monoisotopic (exact) mass is 183 g/mol. The molecule has 0 radical (unpaired) electrons. The van der Waals surface area contributed by atoms with Crippen LogP contribution in [0.2, 0.25) is 0 Å². The Morgan fingerprint density at radius 1 is 1.33 bits per heavy atom. The Labute approximate surface area is 56.1 Å². The minimum Gasteiger partial charge on any atom is -0.185 e. The minimum absolute atomic E-state index is 0. The fourth-order valence-electron chi connectivity index (χ4n) is 0. The van der Waals surface area contributed by atoms with Crippen molar-refractivity contribution in [1.82, 2.24) is 0 Å². The number of nitrogens with zero attached hydrogens (tertiary/aromatic N) is 1. The summed E-state index contributed by atoms with van der Waals surface area (Å²) in [5.41, 5.74) is 9.69. The van der Waals surface area contributed by atoms with Gasteiger partial charge in [-0.25, -0.2) is 0 Å². The van der Waals surface area contributed by atoms with Crippen LogP contribution >= 0.6 is 8.01 Å². The second-order valence-electron chi connectivity index (χ2n) is 0.495. The van der Waals surface area contributed by atoms with E-state index in [4.69, 9.17) is 11.0 Å². The van der Waals surface area contributed by atoms with Crippen molar-refractivity contribution in [3.63, 3.8) is 0 Å². The first-order valence-electron chi connectivity index (χ1n) is 0.975. The molecule has 4 nitrogen and oxygen atoms in total. The molecule has 0 spiro atoms. The average molecular weight is 184 g/mol. The van der Waals surface area contributed by atoms with Crippen molar-refractivity contribution in [2.75, 3.05) is 0 Å². The Kier molecular flexibility index (Phi) is 9.75. The molecular formula is H6N4PZr+. The third-order valence-corrected chi connectivity index (χ3v) is 0.400. The number of nitrogens with two attached hydrogens (primary N) is 3. The molecule has 0 aliphatic heterocycles. The fraction of sp³-hybridized carbons (Fsp3) is 0. The molecule has 0 atom stereocenters. The van der Waals surface area contributed by atoms with E-state index in [0.29, 0.717) is 0 Å². The van der Waals surface area contributed by atoms with Gasteiger partial charge in [0.1, 0.15) is 0 Å². The molecule has 0 aromatic heterocycles. The van der Waals surface area contributed by atoms with Gasteiger partial charge in [-0.15, -0.1) is 11.0 Å². The predicted molar refractivity (Wildman–Crippen MR) is 21.9 cm³/mol. The molecule has 0 amide bonds. The SMILES string of the molecule is NN=[P+](N)N.[Zr]. The van der Waals surface area contributed by atoms with Crippen LogP contribution in [0, 0.1) is 0 Å². The van der Waals surface area contributed by atoms with E-state index in [-0.39, 0.29) is 26.2 Å². The van der Waals surface area contributed by atoms with Crippen molar-refractivity contribution in [2.24, 2.45) is 21.7 Å². The average Bonchev–Trinajstić information content (AvgIpc) is 1.38. The van der Waals surface area contributed by atoms with Gasteiger partial charge in [0.05, 0.1) is 0 Å². The molecule has 6 N–H and O–H groups in total. The topological polar surface area (TPSA) is 90.4 Å². The molecular weight excluding hydrogens is 178 g/mol. The van der Waals surface area contributed by atoms with Gasteiger partial charge in [0, 0.05) is 31.1 Å². The summed E-state index contributed by atoms with van der Waals surface area (Å²) in [6.45, 7) is 0. The normalized spacial score (nSPS) is 5.83. The standard InChI is InChI=1S/H6N4P.Zr/c1-4-5(2)3;/h1H2,(H4,2,3,4);/q+1;. The second-order valence-corrected chi connectivity index (χ2v) is 1.49. The van der Waals surface area contributed by atoms with Crippen LogP contribution in [0.5, 0.6) is 0 Å². The van der Waals surface area contributed by atoms with Crippen molar-refractivity contribution in [3.8, 4) is 0 Å². The number of hydrogen-bond donors (Lipinski definition) is 3. The van der Waals surface area contributed by atoms with Gasteiger partial charge in [0.2, 0.25) is 0 Å². The molecule has 0 fully saturated rings. The maximum absolute atomic E-state index is 4.84. The molecule has 0 unspecified atom stereocenters. The van der Waals surface area contributed by atoms with Crippen LogP contribution in [0.1, 0.15) is 0 Å². The third-order valence-electron chi connectivity index (χ3n) is 0.133. The van der Waals surface area contributed by atoms with Gasteiger partial charge in [-0.3, -0.25) is 0 Å². The van der Waals surface area contributed by atoms with Gasteiger partial charge in [0.25, 0.3) is 0 Å². The van der Waals surface area contributed by atoms with Crippen molar-refractivity contribution in [2.45, 2.75) is 0 Å². The van der Waals surface area contributed by atoms with E-state index in [1.165, 1.54) is 0 Å². The van der Waals surface area contributed by atoms with Crippen LogP contribution in [-0.2, 0) is 26.2 Å². The van der Waals surface area contributed by atoms with E-state index in [9.17, 15) is 0 Å². The van der Waals surface area contributed by atoms with E-state index < -0.39 is 8.01 Å². The number of hydrogen-bond acceptors (Lipinski definition) is 1. The summed E-state index contributed by atoms with van der Waals surface area (Å²) in [5, 5.41) is 0. The van der Waals surface area contributed by atoms with Gasteiger partial charge in [-0.05, 0) is 0 Å². The Morgan fingerprint density at radius 3 is 1.50 bits per heavy atom. The van der Waals surface area contributed by atoms with Crippen molar-refractivity contribution < 1.29 is 26.2 Å². The summed E-state index contributed by atoms with van der Waals surface area (Å²) >= 11 is 0. The van der Waals surface area contributed by atoms with Gasteiger partial charge in [-0.1, -0.05) is 0 Å². The summed E-state index contributed by atoms with van der Waals surface area (Å²) in [5.74, 6) is 4.58. The Bertz CT molecular complexity index is 45.5. The van der Waals surface area contributed by atoms with E-state index in [2.05, 4.69) is 10.7 Å². The van der Waals surface area contributed by atoms with Crippen LogP contribution in [-0.4, -0.2) is 0 Å². The van der Waals surface area contributed by atoms with Crippen LogP contribution in [0.4, 0.5) is 0 Å². The van der Waals surface area contributed by atoms with Crippen molar-refractivity contribution in [1.29, 1.82) is 0 Å². The fourth-order valence-corrected chi connectivity index (χ4v) is 0. The molecule has 0 saturated carbocycles. The Balaban J connectivity index is 0. The van der Waals surface area contributed by atoms with E-state index in [1.807, 2.05) is 0 Å². The maximum Gasteiger partial charge on any atom is 0.405 e. The van der Waals surface area contributed by atoms with Crippen LogP contribution in [0.25, 0.3) is 0 Å². The molecule has 34 valence electrons. The van der Waals surface area contributed by atoms with Crippen molar-refractivity contribution >= 4 is 8.01 Å². The summed E-state index contributed by atoms with van der Waals surface area (Å²) in [6.07, 6.45) is 0. The summed E-state index contributed by atoms with van der Waals surface area (Å²) in [6, 6.07) is 0. The second kappa shape index (κ2) is 5.86. The maximum atomic E-state index is 4.84. The van der Waals surface area contributed by atoms with Gasteiger partial charge in [0.15, 0.2) is 0 Å². The summed E-state index contributed by atoms with van der Waals surface area (Å²) in [7, 11) is -1.20. The first-order valence-corrected chi connectivity index (χ1v) is 2.41. The first kappa shape index (κ1) is 9.98. The molecule has 0 aromatic carbocycles. The quantitative estimate of drug-likeness (QED) is 0.263. The third kappa shape index (κ3) is 8.85. The molecule has 0 saturated heterocycles. The minimum atomic E-state index is -1.20. The van der Waals surface area contributed by atoms with Crippen LogP contribution in [0.3, 0.4) is 0 Å². The molecule has 0 bridgehead atoms. The van der Waals surface area contributed by atoms with Gasteiger partial charge >= 0.3 is 8.01 Å². The smallest absolute Gasteiger partial charge is 0.185 e. The van der Waals surface area contributed by atoms with Crippen molar-refractivity contribution in [3.05, 3.63) is 0 Å². The first-order chi connectivity index (χ1) is 2.27. The molecule has 0 aliphatic carbocycles. The zero-order valence-electron chi connectivity index (χ0n) is 3.13. The zero-order chi connectivity index (χ0) is 4.28. The van der Waals surface area contributed by atoms with Crippen LogP contribution in [0.15, 0.2) is 4.85 Å². The van der Waals surface area contributed by atoms with E-state index >= 15 is 0 Å². The molecule has 0 aliphatic rings. The molecule has 0 aromatic rings. The Morgan fingerprint density at radius 2 is 1.50 bits per heavy atom. The van der Waals surface area contributed by atoms with Gasteiger partial charge < -0.3 is 0 Å². The summed E-state index contributed by atoms with van der Waals surface area (Å²) in [4.78, 5) is 3.01. The van der Waals surface area contributed by atoms with E-state index in [1.54, 1.807) is 0 Å². The number of rotatable bonds is 0. The Hall–Kier alpha value is 0.863. The largest absolute Gasteiger partial charge is 0.405 e. The molecule has 6 heavy (non-hydrogen) atoms. The van der Waals surface area contributed by atoms with Crippen LogP contribution < -0.4 is 16.9 Å². The molecule has 6 heteroatoms. The van der Waals surface area contributed by atoms with Gasteiger partial charge in [-0.2, -0.15) is 5.84 Å². The predicted octanol–water partition coefficient (Wildman–Crippen LogP) is -0.730. The summed E-state index contributed by atoms with van der Waals surface area (Å²) < 4.78 is 0. The van der Waals surface area contributed by atoms with E-state index in [0.717, 1.165) is 0 Å². The zero-order valence-corrected chi connectivity index (χ0v) is 6.48. The molecule has 0 rings (SSSR count).